The summed E-state index contributed by atoms with van der Waals surface area (Å²) >= 11 is 0. The molecule has 21 heavy (non-hydrogen) atoms. The Morgan fingerprint density at radius 2 is 1.90 bits per heavy atom. The number of carbonyl (C=O) groups is 3. The second kappa shape index (κ2) is 7.42. The van der Waals surface area contributed by atoms with E-state index in [1.165, 1.54) is 6.92 Å². The van der Waals surface area contributed by atoms with Gasteiger partial charge >= 0.3 is 11.9 Å². The van der Waals surface area contributed by atoms with Gasteiger partial charge in [0.25, 0.3) is 0 Å². The molecule has 0 radical (unpaired) electrons. The van der Waals surface area contributed by atoms with Crippen molar-refractivity contribution in [3.05, 3.63) is 29.8 Å². The van der Waals surface area contributed by atoms with Gasteiger partial charge in [-0.2, -0.15) is 0 Å². The number of benzene rings is 1. The number of hydrogen-bond donors (Lipinski definition) is 2. The molecule has 0 fully saturated rings. The number of anilines is 1. The molecule has 0 spiro atoms. The van der Waals surface area contributed by atoms with Crippen LogP contribution in [0.1, 0.15) is 30.6 Å². The van der Waals surface area contributed by atoms with E-state index < -0.39 is 17.9 Å². The van der Waals surface area contributed by atoms with Crippen LogP contribution in [0.25, 0.3) is 0 Å². The number of Topliss-reactive ketones (excluding diaryl/α,β-unsaturated/α-hetero) is 1. The van der Waals surface area contributed by atoms with Crippen LogP contribution < -0.4 is 4.90 Å². The molecule has 0 aromatic heterocycles. The summed E-state index contributed by atoms with van der Waals surface area (Å²) in [6.07, 6.45) is -0.101. The lowest BCUT2D eigenvalue weighted by atomic mass is 10.1. The van der Waals surface area contributed by atoms with Gasteiger partial charge in [-0.1, -0.05) is 19.1 Å². The smallest absolute Gasteiger partial charge is 0.308 e. The largest absolute Gasteiger partial charge is 0.481 e. The van der Waals surface area contributed by atoms with Crippen LogP contribution in [0, 0.1) is 5.92 Å². The molecule has 0 aliphatic carbocycles. The van der Waals surface area contributed by atoms with Gasteiger partial charge in [0, 0.05) is 24.3 Å². The highest BCUT2D eigenvalue weighted by Crippen LogP contribution is 2.19. The van der Waals surface area contributed by atoms with Gasteiger partial charge in [-0.15, -0.1) is 0 Å². The Balaban J connectivity index is 2.98. The van der Waals surface area contributed by atoms with Crippen LogP contribution in [0.15, 0.2) is 24.3 Å². The summed E-state index contributed by atoms with van der Waals surface area (Å²) < 4.78 is 0. The van der Waals surface area contributed by atoms with Gasteiger partial charge in [0.15, 0.2) is 5.78 Å². The van der Waals surface area contributed by atoms with Crippen molar-refractivity contribution >= 4 is 23.4 Å². The lowest BCUT2D eigenvalue weighted by Gasteiger charge is -2.26. The molecule has 1 unspecified atom stereocenters. The maximum atomic E-state index is 11.4. The summed E-state index contributed by atoms with van der Waals surface area (Å²) in [4.78, 5) is 34.8. The third-order valence-electron chi connectivity index (χ3n) is 3.13. The lowest BCUT2D eigenvalue weighted by Crippen LogP contribution is -2.33. The zero-order valence-electron chi connectivity index (χ0n) is 12.1. The fourth-order valence-electron chi connectivity index (χ4n) is 1.89. The molecule has 0 aliphatic rings. The molecule has 0 saturated carbocycles. The van der Waals surface area contributed by atoms with E-state index >= 15 is 0 Å². The van der Waals surface area contributed by atoms with Gasteiger partial charge in [-0.05, 0) is 19.1 Å². The first-order valence-corrected chi connectivity index (χ1v) is 6.61. The molecule has 1 rings (SSSR count). The molecule has 0 heterocycles. The van der Waals surface area contributed by atoms with E-state index in [2.05, 4.69) is 0 Å². The summed E-state index contributed by atoms with van der Waals surface area (Å²) in [6, 6.07) is 6.76. The lowest BCUT2D eigenvalue weighted by molar-refractivity contribution is -0.140. The predicted molar refractivity (Wildman–Crippen MR) is 77.7 cm³/mol. The van der Waals surface area contributed by atoms with Crippen LogP contribution in [0.3, 0.4) is 0 Å². The van der Waals surface area contributed by atoms with E-state index in [0.717, 1.165) is 0 Å². The normalized spacial score (nSPS) is 11.7. The third-order valence-corrected chi connectivity index (χ3v) is 3.13. The topological polar surface area (TPSA) is 94.9 Å². The van der Waals surface area contributed by atoms with Crippen LogP contribution in [-0.2, 0) is 9.59 Å². The average Bonchev–Trinajstić information content (AvgIpc) is 2.42. The van der Waals surface area contributed by atoms with Crippen LogP contribution in [0.4, 0.5) is 5.69 Å². The first kappa shape index (κ1) is 16.7. The summed E-state index contributed by atoms with van der Waals surface area (Å²) in [5, 5.41) is 17.8. The minimum absolute atomic E-state index is 0.0960. The number of nitrogens with zero attached hydrogens (tertiary/aromatic N) is 1. The number of aliphatic carboxylic acids is 2. The second-order valence-corrected chi connectivity index (χ2v) is 4.94. The first-order valence-electron chi connectivity index (χ1n) is 6.61. The van der Waals surface area contributed by atoms with Crippen molar-refractivity contribution in [2.75, 3.05) is 18.0 Å². The quantitative estimate of drug-likeness (QED) is 0.711. The Hall–Kier alpha value is -2.37. The zero-order chi connectivity index (χ0) is 16.0. The molecule has 1 atom stereocenters. The average molecular weight is 293 g/mol. The van der Waals surface area contributed by atoms with Crippen molar-refractivity contribution in [3.63, 3.8) is 0 Å². The van der Waals surface area contributed by atoms with Gasteiger partial charge < -0.3 is 15.1 Å². The highest BCUT2D eigenvalue weighted by atomic mass is 16.4. The minimum atomic E-state index is -0.953. The third kappa shape index (κ3) is 5.25. The fourth-order valence-corrected chi connectivity index (χ4v) is 1.89. The molecule has 0 amide bonds. The highest BCUT2D eigenvalue weighted by Gasteiger charge is 2.18. The molecule has 0 aliphatic heterocycles. The molecule has 2 N–H and O–H groups in total. The van der Waals surface area contributed by atoms with Gasteiger partial charge in [-0.25, -0.2) is 0 Å². The molecule has 6 heteroatoms. The summed E-state index contributed by atoms with van der Waals surface area (Å²) in [6.45, 7) is 3.38. The Morgan fingerprint density at radius 3 is 2.43 bits per heavy atom. The van der Waals surface area contributed by atoms with E-state index in [1.54, 1.807) is 36.1 Å². The molecule has 114 valence electrons. The zero-order valence-corrected chi connectivity index (χ0v) is 12.1. The van der Waals surface area contributed by atoms with Crippen molar-refractivity contribution in [1.29, 1.82) is 0 Å². The van der Waals surface area contributed by atoms with Crippen molar-refractivity contribution in [1.82, 2.24) is 0 Å². The standard InChI is InChI=1S/C15H19NO5/c1-10(15(20)21)9-16(7-6-14(18)19)13-5-3-4-12(8-13)11(2)17/h3-5,8,10H,6-7,9H2,1-2H3,(H,18,19)(H,20,21). The molecule has 0 bridgehead atoms. The summed E-state index contributed by atoms with van der Waals surface area (Å²) in [5.41, 5.74) is 1.16. The number of rotatable bonds is 8. The molecule has 1 aromatic carbocycles. The van der Waals surface area contributed by atoms with Gasteiger partial charge in [-0.3, -0.25) is 14.4 Å². The van der Waals surface area contributed by atoms with E-state index in [-0.39, 0.29) is 25.3 Å². The Labute approximate surface area is 123 Å². The SMILES string of the molecule is CC(=O)c1cccc(N(CCC(=O)O)CC(C)C(=O)O)c1. The van der Waals surface area contributed by atoms with Crippen LogP contribution >= 0.6 is 0 Å². The van der Waals surface area contributed by atoms with E-state index in [0.29, 0.717) is 11.3 Å². The monoisotopic (exact) mass is 293 g/mol. The van der Waals surface area contributed by atoms with Crippen LogP contribution in [-0.4, -0.2) is 41.0 Å². The molecule has 0 saturated heterocycles. The van der Waals surface area contributed by atoms with Crippen molar-refractivity contribution in [2.24, 2.45) is 5.92 Å². The predicted octanol–water partition coefficient (Wildman–Crippen LogP) is 1.89. The number of carbonyl (C=O) groups excluding carboxylic acids is 1. The Bertz CT molecular complexity index is 541. The van der Waals surface area contributed by atoms with Gasteiger partial charge in [0.05, 0.1) is 12.3 Å². The van der Waals surface area contributed by atoms with E-state index in [1.807, 2.05) is 0 Å². The van der Waals surface area contributed by atoms with E-state index in [9.17, 15) is 14.4 Å². The molecular formula is C15H19NO5. The van der Waals surface area contributed by atoms with Crippen LogP contribution in [0.5, 0.6) is 0 Å². The molecule has 1 aromatic rings. The van der Waals surface area contributed by atoms with Crippen molar-refractivity contribution < 1.29 is 24.6 Å². The minimum Gasteiger partial charge on any atom is -0.481 e. The second-order valence-electron chi connectivity index (χ2n) is 4.94. The fraction of sp³-hybridized carbons (Fsp3) is 0.400. The van der Waals surface area contributed by atoms with Gasteiger partial charge in [0.1, 0.15) is 0 Å². The Morgan fingerprint density at radius 1 is 1.24 bits per heavy atom. The first-order chi connectivity index (χ1) is 9.81. The van der Waals surface area contributed by atoms with E-state index in [4.69, 9.17) is 10.2 Å². The summed E-state index contributed by atoms with van der Waals surface area (Å²) in [5.74, 6) is -2.63. The number of carboxylic acids is 2. The van der Waals surface area contributed by atoms with Crippen molar-refractivity contribution in [2.45, 2.75) is 20.3 Å². The number of carboxylic acid groups (broad SMARTS) is 2. The van der Waals surface area contributed by atoms with Gasteiger partial charge in [0.2, 0.25) is 0 Å². The highest BCUT2D eigenvalue weighted by molar-refractivity contribution is 5.95. The maximum Gasteiger partial charge on any atom is 0.308 e. The van der Waals surface area contributed by atoms with Crippen LogP contribution in [0.2, 0.25) is 0 Å². The van der Waals surface area contributed by atoms with Crippen molar-refractivity contribution in [3.8, 4) is 0 Å². The Kier molecular flexibility index (Phi) is 5.90. The molecular weight excluding hydrogens is 274 g/mol. The maximum absolute atomic E-state index is 11.4. The number of ketones is 1. The number of hydrogen-bond acceptors (Lipinski definition) is 4. The molecule has 6 nitrogen and oxygen atoms in total. The summed E-state index contributed by atoms with van der Waals surface area (Å²) in [7, 11) is 0.